The van der Waals surface area contributed by atoms with E-state index in [1.807, 2.05) is 12.1 Å². The molecule has 1 aliphatic rings. The van der Waals surface area contributed by atoms with E-state index in [1.165, 1.54) is 0 Å². The van der Waals surface area contributed by atoms with E-state index in [4.69, 9.17) is 30.6 Å². The van der Waals surface area contributed by atoms with Crippen LogP contribution in [0.2, 0.25) is 0 Å². The summed E-state index contributed by atoms with van der Waals surface area (Å²) in [6.07, 6.45) is -9.80. The number of aliphatic hydroxyl groups is 1. The molecule has 19 heteroatoms. The lowest BCUT2D eigenvalue weighted by Gasteiger charge is -2.34. The molecule has 0 saturated carbocycles. The number of hydrogen-bond donors (Lipinski definition) is 6. The molecule has 2 aromatic carbocycles. The second-order valence-corrected chi connectivity index (χ2v) is 10.3. The standard InChI is InChI=1S/C27H30N6O3.2C2HF3O2/c28-18-23-22(17-24(31-27(23)29)21-6-1-2-7-25(21)35)19-4-3-5-20(16-19)30-26(36)8-9-32-10-12-33(13-11-32)14-15-34;2*3-2(4,5)1(6)7/h1-7,16-17,34-35H,8-15H2,(H2,29,31)(H,30,36);2*(H,6,7). The number of nitrogens with one attached hydrogen (secondary N) is 1. The molecule has 7 N–H and O–H groups in total. The van der Waals surface area contributed by atoms with Gasteiger partial charge < -0.3 is 36.4 Å². The summed E-state index contributed by atoms with van der Waals surface area (Å²) in [5.41, 5.74) is 9.20. The number of rotatable bonds is 8. The summed E-state index contributed by atoms with van der Waals surface area (Å²) in [5, 5.41) is 46.2. The molecular formula is C31H32F6N6O7. The number of piperazine rings is 1. The van der Waals surface area contributed by atoms with Gasteiger partial charge in [0.1, 0.15) is 23.2 Å². The van der Waals surface area contributed by atoms with Crippen LogP contribution in [0.3, 0.4) is 0 Å². The highest BCUT2D eigenvalue weighted by molar-refractivity contribution is 5.92. The molecule has 0 atom stereocenters. The van der Waals surface area contributed by atoms with Gasteiger partial charge in [-0.25, -0.2) is 14.6 Å². The molecule has 13 nitrogen and oxygen atoms in total. The molecule has 50 heavy (non-hydrogen) atoms. The summed E-state index contributed by atoms with van der Waals surface area (Å²) < 4.78 is 63.5. The molecule has 3 aromatic rings. The average Bonchev–Trinajstić information content (AvgIpc) is 3.04. The van der Waals surface area contributed by atoms with E-state index in [1.54, 1.807) is 42.5 Å². The van der Waals surface area contributed by atoms with E-state index >= 15 is 0 Å². The number of hydrogen-bond acceptors (Lipinski definition) is 10. The van der Waals surface area contributed by atoms with Crippen molar-refractivity contribution in [3.05, 3.63) is 60.2 Å². The fourth-order valence-corrected chi connectivity index (χ4v) is 4.36. The molecule has 0 aliphatic carbocycles. The SMILES string of the molecule is N#Cc1c(-c2cccc(NC(=O)CCN3CCN(CCO)CC3)c2)cc(-c2ccccc2O)nc1N.O=C(O)C(F)(F)F.O=C(O)C(F)(F)F. The molecule has 1 amide bonds. The van der Waals surface area contributed by atoms with E-state index < -0.39 is 24.3 Å². The number of carbonyl (C=O) groups is 3. The van der Waals surface area contributed by atoms with Crippen LogP contribution in [0, 0.1) is 11.3 Å². The molecule has 0 unspecified atom stereocenters. The van der Waals surface area contributed by atoms with E-state index in [0.29, 0.717) is 47.6 Å². The maximum absolute atomic E-state index is 12.6. The largest absolute Gasteiger partial charge is 0.507 e. The number of nitrogen functional groups attached to an aromatic ring is 1. The van der Waals surface area contributed by atoms with E-state index in [9.17, 15) is 41.5 Å². The maximum Gasteiger partial charge on any atom is 0.490 e. The van der Waals surface area contributed by atoms with Gasteiger partial charge in [-0.3, -0.25) is 9.69 Å². The van der Waals surface area contributed by atoms with Gasteiger partial charge >= 0.3 is 24.3 Å². The first-order valence-corrected chi connectivity index (χ1v) is 14.4. The number of aliphatic carboxylic acids is 2. The number of pyridine rings is 1. The average molecular weight is 715 g/mol. The number of benzene rings is 2. The Morgan fingerprint density at radius 1 is 0.860 bits per heavy atom. The third kappa shape index (κ3) is 12.9. The zero-order valence-corrected chi connectivity index (χ0v) is 26.0. The van der Waals surface area contributed by atoms with Crippen molar-refractivity contribution in [2.75, 3.05) is 56.9 Å². The van der Waals surface area contributed by atoms with Gasteiger partial charge in [0.2, 0.25) is 5.91 Å². The topological polar surface area (TPSA) is 213 Å². The Morgan fingerprint density at radius 2 is 1.40 bits per heavy atom. The lowest BCUT2D eigenvalue weighted by molar-refractivity contribution is -0.193. The van der Waals surface area contributed by atoms with Gasteiger partial charge in [0.05, 0.1) is 12.3 Å². The predicted molar refractivity (Wildman–Crippen MR) is 166 cm³/mol. The van der Waals surface area contributed by atoms with Gasteiger partial charge in [0.25, 0.3) is 0 Å². The highest BCUT2D eigenvalue weighted by Gasteiger charge is 2.38. The second kappa shape index (κ2) is 18.4. The summed E-state index contributed by atoms with van der Waals surface area (Å²) >= 11 is 0. The highest BCUT2D eigenvalue weighted by atomic mass is 19.4. The maximum atomic E-state index is 12.6. The third-order valence-corrected chi connectivity index (χ3v) is 6.82. The number of halogens is 6. The van der Waals surface area contributed by atoms with Gasteiger partial charge in [-0.15, -0.1) is 0 Å². The Hall–Kier alpha value is -5.45. The molecule has 4 rings (SSSR count). The summed E-state index contributed by atoms with van der Waals surface area (Å²) in [5.74, 6) is -5.47. The van der Waals surface area contributed by atoms with Gasteiger partial charge in [0, 0.05) is 62.5 Å². The monoisotopic (exact) mass is 714 g/mol. The predicted octanol–water partition coefficient (Wildman–Crippen LogP) is 3.78. The number of carboxylic acid groups (broad SMARTS) is 2. The second-order valence-electron chi connectivity index (χ2n) is 10.3. The van der Waals surface area contributed by atoms with Crippen molar-refractivity contribution in [2.45, 2.75) is 18.8 Å². The number of nitrogens with two attached hydrogens (primary N) is 1. The van der Waals surface area contributed by atoms with Crippen molar-refractivity contribution in [3.63, 3.8) is 0 Å². The third-order valence-electron chi connectivity index (χ3n) is 6.82. The first-order chi connectivity index (χ1) is 23.4. The number of aromatic hydroxyl groups is 1. The molecule has 0 radical (unpaired) electrons. The number of para-hydroxylation sites is 1. The molecule has 2 heterocycles. The van der Waals surface area contributed by atoms with Crippen LogP contribution in [0.25, 0.3) is 22.4 Å². The van der Waals surface area contributed by atoms with Crippen LogP contribution >= 0.6 is 0 Å². The minimum Gasteiger partial charge on any atom is -0.507 e. The zero-order valence-electron chi connectivity index (χ0n) is 26.0. The minimum atomic E-state index is -5.08. The fourth-order valence-electron chi connectivity index (χ4n) is 4.36. The number of alkyl halides is 6. The van der Waals surface area contributed by atoms with Crippen LogP contribution in [0.1, 0.15) is 12.0 Å². The smallest absolute Gasteiger partial charge is 0.490 e. The zero-order chi connectivity index (χ0) is 37.6. The van der Waals surface area contributed by atoms with Crippen molar-refractivity contribution >= 4 is 29.4 Å². The number of carboxylic acids is 2. The Balaban J connectivity index is 0.000000521. The highest BCUT2D eigenvalue weighted by Crippen LogP contribution is 2.35. The van der Waals surface area contributed by atoms with E-state index in [2.05, 4.69) is 26.2 Å². The number of aromatic nitrogens is 1. The fraction of sp³-hybridized carbons (Fsp3) is 0.323. The van der Waals surface area contributed by atoms with Gasteiger partial charge in [-0.2, -0.15) is 31.6 Å². The number of β-amino-alcohol motifs (C(OH)–C–C–N with tert-alkyl or cyclic N) is 1. The summed E-state index contributed by atoms with van der Waals surface area (Å²) in [7, 11) is 0. The molecule has 0 bridgehead atoms. The van der Waals surface area contributed by atoms with Crippen molar-refractivity contribution in [2.24, 2.45) is 0 Å². The summed E-state index contributed by atoms with van der Waals surface area (Å²) in [6.45, 7) is 5.06. The first-order valence-electron chi connectivity index (χ1n) is 14.4. The van der Waals surface area contributed by atoms with Crippen molar-refractivity contribution in [1.82, 2.24) is 14.8 Å². The Kier molecular flexibility index (Phi) is 14.9. The van der Waals surface area contributed by atoms with Crippen molar-refractivity contribution in [1.29, 1.82) is 5.26 Å². The summed E-state index contributed by atoms with van der Waals surface area (Å²) in [6, 6.07) is 17.9. The lowest BCUT2D eigenvalue weighted by Crippen LogP contribution is -2.47. The van der Waals surface area contributed by atoms with Crippen LogP contribution in [0.5, 0.6) is 5.75 Å². The Labute approximate surface area is 280 Å². The molecule has 1 aliphatic heterocycles. The Morgan fingerprint density at radius 3 is 1.90 bits per heavy atom. The number of carbonyl (C=O) groups excluding carboxylic acids is 1. The number of aliphatic hydroxyl groups excluding tert-OH is 1. The number of nitriles is 1. The Bertz CT molecular complexity index is 1650. The quantitative estimate of drug-likeness (QED) is 0.184. The number of phenols is 1. The molecular weight excluding hydrogens is 682 g/mol. The number of amides is 1. The van der Waals surface area contributed by atoms with Crippen LogP contribution in [-0.4, -0.2) is 111 Å². The minimum absolute atomic E-state index is 0.0656. The number of anilines is 2. The van der Waals surface area contributed by atoms with Crippen molar-refractivity contribution < 1.29 is 61.2 Å². The lowest BCUT2D eigenvalue weighted by atomic mass is 9.97. The van der Waals surface area contributed by atoms with Crippen LogP contribution < -0.4 is 11.1 Å². The van der Waals surface area contributed by atoms with Crippen LogP contribution in [-0.2, 0) is 14.4 Å². The number of phenolic OH excluding ortho intramolecular Hbond substituents is 1. The number of nitrogens with zero attached hydrogens (tertiary/aromatic N) is 4. The molecule has 1 aromatic heterocycles. The van der Waals surface area contributed by atoms with Gasteiger partial charge in [-0.1, -0.05) is 24.3 Å². The van der Waals surface area contributed by atoms with Crippen LogP contribution in [0.15, 0.2) is 54.6 Å². The van der Waals surface area contributed by atoms with Gasteiger partial charge in [0.15, 0.2) is 0 Å². The van der Waals surface area contributed by atoms with Gasteiger partial charge in [-0.05, 0) is 35.9 Å². The van der Waals surface area contributed by atoms with Crippen LogP contribution in [0.4, 0.5) is 37.8 Å². The molecule has 0 spiro atoms. The summed E-state index contributed by atoms with van der Waals surface area (Å²) in [4.78, 5) is 39.2. The molecule has 270 valence electrons. The van der Waals surface area contributed by atoms with E-state index in [0.717, 1.165) is 26.2 Å². The molecule has 1 saturated heterocycles. The van der Waals surface area contributed by atoms with Crippen molar-refractivity contribution in [3.8, 4) is 34.2 Å². The molecule has 1 fully saturated rings. The normalized spacial score (nSPS) is 13.5. The van der Waals surface area contributed by atoms with E-state index in [-0.39, 0.29) is 29.6 Å². The first kappa shape index (κ1) is 40.7.